The molecule has 2 heterocycles. The van der Waals surface area contributed by atoms with E-state index in [1.165, 1.54) is 12.8 Å². The highest BCUT2D eigenvalue weighted by atomic mass is 16.5. The number of amides is 1. The highest BCUT2D eigenvalue weighted by Crippen LogP contribution is 2.21. The molecule has 1 aliphatic heterocycles. The van der Waals surface area contributed by atoms with E-state index in [9.17, 15) is 4.79 Å². The standard InChI is InChI=1S/C20H27N3O2/c1-14-6-9-23(10-7-14)11-8-21-20(24)18-12-16-4-5-17(25-3)13-19(16)22-15(18)2/h4-5,12-14H,6-11H2,1-3H3,(H,21,24). The quantitative estimate of drug-likeness (QED) is 0.908. The SMILES string of the molecule is COc1ccc2cc(C(=O)NCCN3CCC(C)CC3)c(C)nc2c1. The van der Waals surface area contributed by atoms with Gasteiger partial charge in [-0.3, -0.25) is 9.78 Å². The molecular formula is C20H27N3O2. The Hall–Kier alpha value is -2.14. The van der Waals surface area contributed by atoms with E-state index in [1.807, 2.05) is 31.2 Å². The molecular weight excluding hydrogens is 314 g/mol. The first-order chi connectivity index (χ1) is 12.1. The number of aryl methyl sites for hydroxylation is 1. The molecule has 5 heteroatoms. The van der Waals surface area contributed by atoms with E-state index in [4.69, 9.17) is 4.74 Å². The molecule has 1 aliphatic rings. The fraction of sp³-hybridized carbons (Fsp3) is 0.500. The van der Waals surface area contributed by atoms with Crippen LogP contribution in [0.2, 0.25) is 0 Å². The number of hydrogen-bond acceptors (Lipinski definition) is 4. The zero-order valence-electron chi connectivity index (χ0n) is 15.3. The Bertz CT molecular complexity index is 752. The topological polar surface area (TPSA) is 54.5 Å². The third-order valence-electron chi connectivity index (χ3n) is 5.05. The molecule has 1 fully saturated rings. The number of carbonyl (C=O) groups is 1. The third-order valence-corrected chi connectivity index (χ3v) is 5.05. The Morgan fingerprint density at radius 3 is 2.80 bits per heavy atom. The maximum atomic E-state index is 12.5. The normalized spacial score (nSPS) is 16.1. The Labute approximate surface area is 149 Å². The van der Waals surface area contributed by atoms with Crippen molar-refractivity contribution >= 4 is 16.8 Å². The second-order valence-electron chi connectivity index (χ2n) is 6.96. The fourth-order valence-corrected chi connectivity index (χ4v) is 3.31. The van der Waals surface area contributed by atoms with Crippen LogP contribution in [0.5, 0.6) is 5.75 Å². The molecule has 0 bridgehead atoms. The second kappa shape index (κ2) is 7.83. The Kier molecular flexibility index (Phi) is 5.53. The first-order valence-corrected chi connectivity index (χ1v) is 9.03. The van der Waals surface area contributed by atoms with E-state index in [2.05, 4.69) is 22.1 Å². The van der Waals surface area contributed by atoms with Gasteiger partial charge in [-0.1, -0.05) is 6.92 Å². The summed E-state index contributed by atoms with van der Waals surface area (Å²) < 4.78 is 5.23. The van der Waals surface area contributed by atoms with Crippen molar-refractivity contribution in [2.45, 2.75) is 26.7 Å². The maximum absolute atomic E-state index is 12.5. The number of nitrogens with one attached hydrogen (secondary N) is 1. The van der Waals surface area contributed by atoms with Crippen LogP contribution in [-0.2, 0) is 0 Å². The van der Waals surface area contributed by atoms with Gasteiger partial charge in [-0.25, -0.2) is 0 Å². The first-order valence-electron chi connectivity index (χ1n) is 9.03. The number of benzene rings is 1. The van der Waals surface area contributed by atoms with Crippen molar-refractivity contribution in [1.29, 1.82) is 0 Å². The van der Waals surface area contributed by atoms with Gasteiger partial charge >= 0.3 is 0 Å². The predicted molar refractivity (Wildman–Crippen MR) is 100 cm³/mol. The average Bonchev–Trinajstić information content (AvgIpc) is 2.62. The van der Waals surface area contributed by atoms with E-state index in [0.29, 0.717) is 12.1 Å². The van der Waals surface area contributed by atoms with Crippen LogP contribution in [0.25, 0.3) is 10.9 Å². The van der Waals surface area contributed by atoms with Crippen LogP contribution in [0.3, 0.4) is 0 Å². The van der Waals surface area contributed by atoms with Gasteiger partial charge in [-0.15, -0.1) is 0 Å². The van der Waals surface area contributed by atoms with Gasteiger partial charge in [-0.2, -0.15) is 0 Å². The molecule has 5 nitrogen and oxygen atoms in total. The molecule has 0 aliphatic carbocycles. The third kappa shape index (κ3) is 4.28. The fourth-order valence-electron chi connectivity index (χ4n) is 3.31. The number of likely N-dealkylation sites (tertiary alicyclic amines) is 1. The summed E-state index contributed by atoms with van der Waals surface area (Å²) in [5.41, 5.74) is 2.23. The number of nitrogens with zero attached hydrogens (tertiary/aromatic N) is 2. The minimum atomic E-state index is -0.0481. The van der Waals surface area contributed by atoms with E-state index in [-0.39, 0.29) is 5.91 Å². The molecule has 1 aromatic heterocycles. The number of piperidine rings is 1. The summed E-state index contributed by atoms with van der Waals surface area (Å²) in [5.74, 6) is 1.55. The molecule has 2 aromatic rings. The summed E-state index contributed by atoms with van der Waals surface area (Å²) in [7, 11) is 1.64. The van der Waals surface area contributed by atoms with Gasteiger partial charge in [-0.05, 0) is 57.0 Å². The molecule has 0 spiro atoms. The van der Waals surface area contributed by atoms with E-state index in [1.54, 1.807) is 7.11 Å². The van der Waals surface area contributed by atoms with E-state index >= 15 is 0 Å². The maximum Gasteiger partial charge on any atom is 0.253 e. The van der Waals surface area contributed by atoms with E-state index in [0.717, 1.165) is 47.9 Å². The molecule has 1 N–H and O–H groups in total. The number of aromatic nitrogens is 1. The van der Waals surface area contributed by atoms with Crippen LogP contribution in [0, 0.1) is 12.8 Å². The summed E-state index contributed by atoms with van der Waals surface area (Å²) >= 11 is 0. The van der Waals surface area contributed by atoms with Gasteiger partial charge in [0.15, 0.2) is 0 Å². The van der Waals surface area contributed by atoms with Gasteiger partial charge in [0.1, 0.15) is 5.75 Å². The highest BCUT2D eigenvalue weighted by Gasteiger charge is 2.16. The number of ether oxygens (including phenoxy) is 1. The number of pyridine rings is 1. The largest absolute Gasteiger partial charge is 0.497 e. The van der Waals surface area contributed by atoms with E-state index < -0.39 is 0 Å². The lowest BCUT2D eigenvalue weighted by Crippen LogP contribution is -2.39. The zero-order valence-corrected chi connectivity index (χ0v) is 15.3. The number of carbonyl (C=O) groups excluding carboxylic acids is 1. The van der Waals surface area contributed by atoms with Gasteiger partial charge in [0, 0.05) is 24.5 Å². The molecule has 1 saturated heterocycles. The summed E-state index contributed by atoms with van der Waals surface area (Å²) in [6.45, 7) is 8.04. The van der Waals surface area contributed by atoms with Crippen molar-refractivity contribution in [3.05, 3.63) is 35.5 Å². The van der Waals surface area contributed by atoms with Crippen LogP contribution in [0.4, 0.5) is 0 Å². The number of fused-ring (bicyclic) bond motifs is 1. The molecule has 3 rings (SSSR count). The Morgan fingerprint density at radius 1 is 1.32 bits per heavy atom. The summed E-state index contributed by atoms with van der Waals surface area (Å²) in [5, 5.41) is 3.99. The van der Waals surface area contributed by atoms with Crippen molar-refractivity contribution in [2.75, 3.05) is 33.3 Å². The smallest absolute Gasteiger partial charge is 0.253 e. The van der Waals surface area contributed by atoms with Crippen LogP contribution in [0.1, 0.15) is 35.8 Å². The minimum Gasteiger partial charge on any atom is -0.497 e. The summed E-state index contributed by atoms with van der Waals surface area (Å²) in [6.07, 6.45) is 2.51. The second-order valence-corrected chi connectivity index (χ2v) is 6.96. The van der Waals surface area contributed by atoms with Gasteiger partial charge in [0.05, 0.1) is 23.9 Å². The van der Waals surface area contributed by atoms with Crippen LogP contribution >= 0.6 is 0 Å². The van der Waals surface area contributed by atoms with Crippen LogP contribution in [-0.4, -0.2) is 49.1 Å². The molecule has 0 unspecified atom stereocenters. The average molecular weight is 341 g/mol. The van der Waals surface area contributed by atoms with Crippen molar-refractivity contribution in [2.24, 2.45) is 5.92 Å². The molecule has 0 saturated carbocycles. The lowest BCUT2D eigenvalue weighted by Gasteiger charge is -2.30. The van der Waals surface area contributed by atoms with Crippen molar-refractivity contribution in [1.82, 2.24) is 15.2 Å². The van der Waals surface area contributed by atoms with Crippen molar-refractivity contribution in [3.8, 4) is 5.75 Å². The molecule has 0 radical (unpaired) electrons. The van der Waals surface area contributed by atoms with Gasteiger partial charge in [0.25, 0.3) is 5.91 Å². The zero-order chi connectivity index (χ0) is 17.8. The predicted octanol–water partition coefficient (Wildman–Crippen LogP) is 3.01. The Morgan fingerprint density at radius 2 is 2.08 bits per heavy atom. The number of rotatable bonds is 5. The minimum absolute atomic E-state index is 0.0481. The molecule has 134 valence electrons. The van der Waals surface area contributed by atoms with Crippen molar-refractivity contribution < 1.29 is 9.53 Å². The summed E-state index contributed by atoms with van der Waals surface area (Å²) in [6, 6.07) is 7.63. The number of hydrogen-bond donors (Lipinski definition) is 1. The van der Waals surface area contributed by atoms with Crippen molar-refractivity contribution in [3.63, 3.8) is 0 Å². The molecule has 1 aromatic carbocycles. The first kappa shape index (κ1) is 17.7. The van der Waals surface area contributed by atoms with Crippen LogP contribution < -0.4 is 10.1 Å². The lowest BCUT2D eigenvalue weighted by atomic mass is 9.99. The van der Waals surface area contributed by atoms with Gasteiger partial charge in [0.2, 0.25) is 0 Å². The highest BCUT2D eigenvalue weighted by molar-refractivity contribution is 5.98. The molecule has 0 atom stereocenters. The van der Waals surface area contributed by atoms with Crippen LogP contribution in [0.15, 0.2) is 24.3 Å². The summed E-state index contributed by atoms with van der Waals surface area (Å²) in [4.78, 5) is 19.5. The van der Waals surface area contributed by atoms with Gasteiger partial charge < -0.3 is 15.0 Å². The monoisotopic (exact) mass is 341 g/mol. The Balaban J connectivity index is 1.62. The number of methoxy groups -OCH3 is 1. The lowest BCUT2D eigenvalue weighted by molar-refractivity contribution is 0.0943. The molecule has 1 amide bonds. The molecule has 25 heavy (non-hydrogen) atoms.